The van der Waals surface area contributed by atoms with Gasteiger partial charge in [-0.15, -0.1) is 0 Å². The van der Waals surface area contributed by atoms with Crippen LogP contribution in [-0.2, 0) is 0 Å². The first-order chi connectivity index (χ1) is 8.86. The number of benzene rings is 1. The number of ether oxygens (including phenoxy) is 1. The molecule has 1 aromatic rings. The molecular weight excluding hydrogens is 248 g/mol. The predicted octanol–water partition coefficient (Wildman–Crippen LogP) is 3.76. The molecule has 19 heavy (non-hydrogen) atoms. The van der Waals surface area contributed by atoms with Crippen LogP contribution >= 0.6 is 0 Å². The summed E-state index contributed by atoms with van der Waals surface area (Å²) in [5.74, 6) is -1.84. The van der Waals surface area contributed by atoms with Gasteiger partial charge in [0.1, 0.15) is 6.61 Å². The molecular formula is C15H23F2NO. The molecule has 0 saturated carbocycles. The highest BCUT2D eigenvalue weighted by molar-refractivity contribution is 5.25. The summed E-state index contributed by atoms with van der Waals surface area (Å²) in [6.45, 7) is 9.53. The molecule has 1 N–H and O–H groups in total. The van der Waals surface area contributed by atoms with Gasteiger partial charge in [-0.1, -0.05) is 33.8 Å². The fourth-order valence-electron chi connectivity index (χ4n) is 1.70. The maximum absolute atomic E-state index is 13.5. The second-order valence-corrected chi connectivity index (χ2v) is 5.74. The average molecular weight is 271 g/mol. The smallest absolute Gasteiger partial charge is 0.200 e. The first-order valence-electron chi connectivity index (χ1n) is 6.66. The lowest BCUT2D eigenvalue weighted by Gasteiger charge is -2.31. The Hall–Kier alpha value is -1.16. The van der Waals surface area contributed by atoms with Crippen LogP contribution < -0.4 is 10.1 Å². The molecule has 0 amide bonds. The summed E-state index contributed by atoms with van der Waals surface area (Å²) in [4.78, 5) is 0. The zero-order chi connectivity index (χ0) is 14.5. The lowest BCUT2D eigenvalue weighted by molar-refractivity contribution is 0.169. The molecule has 0 spiro atoms. The highest BCUT2D eigenvalue weighted by Gasteiger charge is 2.25. The van der Waals surface area contributed by atoms with Gasteiger partial charge in [-0.05, 0) is 30.5 Å². The number of nitrogens with one attached hydrogen (secondary N) is 1. The van der Waals surface area contributed by atoms with E-state index in [1.54, 1.807) is 0 Å². The molecule has 0 aliphatic heterocycles. The fraction of sp³-hybridized carbons (Fsp3) is 0.600. The minimum Gasteiger partial charge on any atom is -0.489 e. The van der Waals surface area contributed by atoms with Crippen LogP contribution in [0.1, 0.15) is 34.1 Å². The molecule has 1 rings (SSSR count). The summed E-state index contributed by atoms with van der Waals surface area (Å²) in [5.41, 5.74) is -0.0149. The van der Waals surface area contributed by atoms with Crippen molar-refractivity contribution in [2.75, 3.05) is 13.2 Å². The molecule has 1 aromatic carbocycles. The molecule has 0 fully saturated rings. The van der Waals surface area contributed by atoms with Crippen molar-refractivity contribution in [2.45, 2.75) is 40.2 Å². The van der Waals surface area contributed by atoms with Gasteiger partial charge in [-0.2, -0.15) is 4.39 Å². The van der Waals surface area contributed by atoms with Crippen LogP contribution in [-0.4, -0.2) is 19.2 Å². The molecule has 0 saturated heterocycles. The third kappa shape index (κ3) is 4.78. The molecule has 2 nitrogen and oxygen atoms in total. The van der Waals surface area contributed by atoms with E-state index < -0.39 is 11.6 Å². The van der Waals surface area contributed by atoms with Gasteiger partial charge >= 0.3 is 0 Å². The van der Waals surface area contributed by atoms with Crippen LogP contribution in [0.4, 0.5) is 8.78 Å². The summed E-state index contributed by atoms with van der Waals surface area (Å²) >= 11 is 0. The number of rotatable bonds is 6. The first kappa shape index (κ1) is 15.9. The van der Waals surface area contributed by atoms with Crippen molar-refractivity contribution in [3.05, 3.63) is 29.8 Å². The van der Waals surface area contributed by atoms with Crippen molar-refractivity contribution < 1.29 is 13.5 Å². The van der Waals surface area contributed by atoms with Crippen LogP contribution in [0.25, 0.3) is 0 Å². The van der Waals surface area contributed by atoms with E-state index in [0.29, 0.717) is 6.61 Å². The van der Waals surface area contributed by atoms with E-state index in [1.165, 1.54) is 12.1 Å². The van der Waals surface area contributed by atoms with Gasteiger partial charge in [0, 0.05) is 6.04 Å². The monoisotopic (exact) mass is 271 g/mol. The Labute approximate surface area is 114 Å². The summed E-state index contributed by atoms with van der Waals surface area (Å²) in [5, 5.41) is 3.37. The van der Waals surface area contributed by atoms with Gasteiger partial charge in [-0.3, -0.25) is 0 Å². The number of hydrogen-bond donors (Lipinski definition) is 1. The third-order valence-electron chi connectivity index (χ3n) is 3.01. The van der Waals surface area contributed by atoms with E-state index in [9.17, 15) is 8.78 Å². The quantitative estimate of drug-likeness (QED) is 0.850. The van der Waals surface area contributed by atoms with Gasteiger partial charge in [-0.25, -0.2) is 4.39 Å². The maximum atomic E-state index is 13.5. The zero-order valence-corrected chi connectivity index (χ0v) is 12.1. The molecule has 0 aliphatic rings. The molecule has 1 unspecified atom stereocenters. The van der Waals surface area contributed by atoms with Gasteiger partial charge < -0.3 is 10.1 Å². The standard InChI is InChI=1S/C15H23F2NO/c1-5-9-18-13(15(2,3)4)10-19-12-8-6-7-11(16)14(12)17/h6-8,13,18H,5,9-10H2,1-4H3. The Morgan fingerprint density at radius 3 is 2.53 bits per heavy atom. The average Bonchev–Trinajstić information content (AvgIpc) is 2.32. The Kier molecular flexibility index (Phi) is 5.73. The number of hydrogen-bond acceptors (Lipinski definition) is 2. The van der Waals surface area contributed by atoms with E-state index in [4.69, 9.17) is 4.74 Å². The van der Waals surface area contributed by atoms with Gasteiger partial charge in [0.25, 0.3) is 0 Å². The van der Waals surface area contributed by atoms with E-state index in [2.05, 4.69) is 33.0 Å². The molecule has 4 heteroatoms. The van der Waals surface area contributed by atoms with Crippen LogP contribution in [0.3, 0.4) is 0 Å². The van der Waals surface area contributed by atoms with Gasteiger partial charge in [0.2, 0.25) is 5.82 Å². The van der Waals surface area contributed by atoms with E-state index >= 15 is 0 Å². The minimum absolute atomic E-state index is 0.0149. The van der Waals surface area contributed by atoms with Crippen LogP contribution in [0.15, 0.2) is 18.2 Å². The summed E-state index contributed by atoms with van der Waals surface area (Å²) < 4.78 is 32.0. The molecule has 1 atom stereocenters. The van der Waals surface area contributed by atoms with Gasteiger partial charge in [0.05, 0.1) is 0 Å². The molecule has 0 radical (unpaired) electrons. The highest BCUT2D eigenvalue weighted by atomic mass is 19.2. The molecule has 0 heterocycles. The molecule has 0 aliphatic carbocycles. The van der Waals surface area contributed by atoms with E-state index in [0.717, 1.165) is 19.0 Å². The van der Waals surface area contributed by atoms with E-state index in [-0.39, 0.29) is 17.2 Å². The Morgan fingerprint density at radius 2 is 1.95 bits per heavy atom. The first-order valence-corrected chi connectivity index (χ1v) is 6.66. The molecule has 108 valence electrons. The third-order valence-corrected chi connectivity index (χ3v) is 3.01. The topological polar surface area (TPSA) is 21.3 Å². The summed E-state index contributed by atoms with van der Waals surface area (Å²) in [7, 11) is 0. The molecule has 0 bridgehead atoms. The normalized spacial score (nSPS) is 13.4. The second kappa shape index (κ2) is 6.85. The van der Waals surface area contributed by atoms with E-state index in [1.807, 2.05) is 0 Å². The number of halogens is 2. The van der Waals surface area contributed by atoms with Crippen molar-refractivity contribution in [1.82, 2.24) is 5.32 Å². The van der Waals surface area contributed by atoms with Crippen molar-refractivity contribution in [3.8, 4) is 5.75 Å². The zero-order valence-electron chi connectivity index (χ0n) is 12.1. The lowest BCUT2D eigenvalue weighted by atomic mass is 9.87. The maximum Gasteiger partial charge on any atom is 0.200 e. The van der Waals surface area contributed by atoms with Crippen LogP contribution in [0.5, 0.6) is 5.75 Å². The molecule has 0 aromatic heterocycles. The van der Waals surface area contributed by atoms with Gasteiger partial charge in [0.15, 0.2) is 11.6 Å². The largest absolute Gasteiger partial charge is 0.489 e. The highest BCUT2D eigenvalue weighted by Crippen LogP contribution is 2.23. The van der Waals surface area contributed by atoms with Crippen LogP contribution in [0, 0.1) is 17.0 Å². The Morgan fingerprint density at radius 1 is 1.26 bits per heavy atom. The Balaban J connectivity index is 2.68. The minimum atomic E-state index is -0.925. The Bertz CT molecular complexity index is 402. The van der Waals surface area contributed by atoms with Crippen molar-refractivity contribution in [2.24, 2.45) is 5.41 Å². The van der Waals surface area contributed by atoms with Crippen molar-refractivity contribution in [3.63, 3.8) is 0 Å². The fourth-order valence-corrected chi connectivity index (χ4v) is 1.70. The van der Waals surface area contributed by atoms with Crippen molar-refractivity contribution >= 4 is 0 Å². The second-order valence-electron chi connectivity index (χ2n) is 5.74. The lowest BCUT2D eigenvalue weighted by Crippen LogP contribution is -2.45. The predicted molar refractivity (Wildman–Crippen MR) is 73.4 cm³/mol. The SMILES string of the molecule is CCCNC(COc1cccc(F)c1F)C(C)(C)C. The summed E-state index contributed by atoms with van der Waals surface area (Å²) in [6.07, 6.45) is 1.01. The summed E-state index contributed by atoms with van der Waals surface area (Å²) in [6, 6.07) is 4.05. The van der Waals surface area contributed by atoms with Crippen molar-refractivity contribution in [1.29, 1.82) is 0 Å². The van der Waals surface area contributed by atoms with Crippen LogP contribution in [0.2, 0.25) is 0 Å².